The number of carbonyl (C=O) groups excluding carboxylic acids is 1. The molecule has 2 atom stereocenters. The minimum absolute atomic E-state index is 0.553. The first-order chi connectivity index (χ1) is 10.3. The topological polar surface area (TPSA) is 60.4 Å². The molecule has 0 amide bonds. The number of carbonyl (C=O) groups is 1. The van der Waals surface area contributed by atoms with Gasteiger partial charge in [-0.3, -0.25) is 4.79 Å². The van der Waals surface area contributed by atoms with Crippen LogP contribution in [0.4, 0.5) is 0 Å². The van der Waals surface area contributed by atoms with Crippen LogP contribution in [0.15, 0.2) is 47.5 Å². The first-order valence-corrected chi connectivity index (χ1v) is 9.01. The molecule has 0 aliphatic heterocycles. The van der Waals surface area contributed by atoms with Crippen LogP contribution in [0.2, 0.25) is 0 Å². The Morgan fingerprint density at radius 3 is 2.27 bits per heavy atom. The van der Waals surface area contributed by atoms with E-state index in [0.717, 1.165) is 17.4 Å². The lowest BCUT2D eigenvalue weighted by Crippen LogP contribution is -2.36. The lowest BCUT2D eigenvalue weighted by Gasteiger charge is -2.24. The summed E-state index contributed by atoms with van der Waals surface area (Å²) in [6, 6.07) is 9.37. The maximum absolute atomic E-state index is 12.0. The summed E-state index contributed by atoms with van der Waals surface area (Å²) < 4.78 is 29.2. The molecule has 22 heavy (non-hydrogen) atoms. The van der Waals surface area contributed by atoms with Gasteiger partial charge in [0, 0.05) is 18.7 Å². The lowest BCUT2D eigenvalue weighted by molar-refractivity contribution is -0.144. The van der Waals surface area contributed by atoms with Gasteiger partial charge in [-0.1, -0.05) is 54.1 Å². The predicted molar refractivity (Wildman–Crippen MR) is 89.3 cm³/mol. The standard InChI is InChI=1S/C16H19ClO4S/c1-12(11-14-7-5-4-6-8-14)16(21-13(2)18)15(9-10-17)22(3,19)20/h4-11,15-16H,1-3H3/b10-9+,12-11+/t15-,16+/m1/s1. The fourth-order valence-electron chi connectivity index (χ4n) is 2.03. The minimum Gasteiger partial charge on any atom is -0.456 e. The van der Waals surface area contributed by atoms with E-state index in [2.05, 4.69) is 0 Å². The van der Waals surface area contributed by atoms with Crippen molar-refractivity contribution >= 4 is 33.5 Å². The summed E-state index contributed by atoms with van der Waals surface area (Å²) in [6.07, 6.45) is 3.25. The van der Waals surface area contributed by atoms with Crippen LogP contribution < -0.4 is 0 Å². The van der Waals surface area contributed by atoms with E-state index in [1.54, 1.807) is 13.0 Å². The van der Waals surface area contributed by atoms with Crippen molar-refractivity contribution in [3.63, 3.8) is 0 Å². The number of benzene rings is 1. The van der Waals surface area contributed by atoms with Gasteiger partial charge in [0.2, 0.25) is 0 Å². The molecule has 0 N–H and O–H groups in total. The zero-order valence-corrected chi connectivity index (χ0v) is 14.3. The molecule has 4 nitrogen and oxygen atoms in total. The fraction of sp³-hybridized carbons (Fsp3) is 0.312. The molecular formula is C16H19ClO4S. The minimum atomic E-state index is -3.50. The number of sulfone groups is 1. The summed E-state index contributed by atoms with van der Waals surface area (Å²) in [7, 11) is -3.50. The molecule has 120 valence electrons. The van der Waals surface area contributed by atoms with E-state index in [0.29, 0.717) is 5.57 Å². The molecule has 0 fully saturated rings. The van der Waals surface area contributed by atoms with Gasteiger partial charge >= 0.3 is 5.97 Å². The van der Waals surface area contributed by atoms with Gasteiger partial charge < -0.3 is 4.74 Å². The molecule has 0 aliphatic rings. The monoisotopic (exact) mass is 342 g/mol. The molecule has 0 bridgehead atoms. The van der Waals surface area contributed by atoms with E-state index >= 15 is 0 Å². The Bertz CT molecular complexity index is 663. The van der Waals surface area contributed by atoms with Crippen molar-refractivity contribution in [3.8, 4) is 0 Å². The van der Waals surface area contributed by atoms with Crippen molar-refractivity contribution in [2.24, 2.45) is 0 Å². The van der Waals surface area contributed by atoms with Gasteiger partial charge in [-0.25, -0.2) is 8.42 Å². The Balaban J connectivity index is 3.27. The van der Waals surface area contributed by atoms with Crippen molar-refractivity contribution in [3.05, 3.63) is 53.1 Å². The first-order valence-electron chi connectivity index (χ1n) is 6.62. The van der Waals surface area contributed by atoms with Crippen LogP contribution in [0.1, 0.15) is 19.4 Å². The number of halogens is 1. The van der Waals surface area contributed by atoms with Crippen LogP contribution >= 0.6 is 11.6 Å². The van der Waals surface area contributed by atoms with Crippen LogP contribution in [0, 0.1) is 0 Å². The summed E-state index contributed by atoms with van der Waals surface area (Å²) in [5, 5.41) is -1.03. The molecule has 0 radical (unpaired) electrons. The second kappa shape index (κ2) is 8.15. The quantitative estimate of drug-likeness (QED) is 0.745. The van der Waals surface area contributed by atoms with E-state index in [4.69, 9.17) is 16.3 Å². The molecule has 0 aromatic heterocycles. The molecule has 0 heterocycles. The van der Waals surface area contributed by atoms with Gasteiger partial charge in [0.15, 0.2) is 9.84 Å². The maximum atomic E-state index is 12.0. The number of hydrogen-bond donors (Lipinski definition) is 0. The Labute approximate surface area is 136 Å². The summed E-state index contributed by atoms with van der Waals surface area (Å²) in [6.45, 7) is 2.97. The third kappa shape index (κ3) is 5.66. The van der Waals surface area contributed by atoms with Crippen LogP contribution in [-0.2, 0) is 19.4 Å². The smallest absolute Gasteiger partial charge is 0.303 e. The first kappa shape index (κ1) is 18.5. The van der Waals surface area contributed by atoms with Gasteiger partial charge in [0.05, 0.1) is 0 Å². The van der Waals surface area contributed by atoms with Crippen LogP contribution in [-0.4, -0.2) is 32.0 Å². The van der Waals surface area contributed by atoms with Gasteiger partial charge in [-0.15, -0.1) is 0 Å². The molecule has 0 spiro atoms. The van der Waals surface area contributed by atoms with Crippen LogP contribution in [0.3, 0.4) is 0 Å². The van der Waals surface area contributed by atoms with Gasteiger partial charge in [0.1, 0.15) is 11.4 Å². The van der Waals surface area contributed by atoms with Crippen molar-refractivity contribution in [1.29, 1.82) is 0 Å². The van der Waals surface area contributed by atoms with E-state index in [1.165, 1.54) is 13.0 Å². The highest BCUT2D eigenvalue weighted by Crippen LogP contribution is 2.21. The highest BCUT2D eigenvalue weighted by Gasteiger charge is 2.32. The van der Waals surface area contributed by atoms with Crippen molar-refractivity contribution in [1.82, 2.24) is 0 Å². The second-order valence-corrected chi connectivity index (χ2v) is 7.40. The van der Waals surface area contributed by atoms with Crippen molar-refractivity contribution in [2.75, 3.05) is 6.26 Å². The fourth-order valence-corrected chi connectivity index (χ4v) is 3.36. The molecule has 0 saturated heterocycles. The molecule has 1 aromatic carbocycles. The molecular weight excluding hydrogens is 324 g/mol. The average Bonchev–Trinajstić information content (AvgIpc) is 2.42. The Morgan fingerprint density at radius 1 is 1.23 bits per heavy atom. The Morgan fingerprint density at radius 2 is 1.82 bits per heavy atom. The van der Waals surface area contributed by atoms with Crippen LogP contribution in [0.5, 0.6) is 0 Å². The predicted octanol–water partition coefficient (Wildman–Crippen LogP) is 3.19. The van der Waals surface area contributed by atoms with Gasteiger partial charge in [-0.05, 0) is 18.1 Å². The largest absolute Gasteiger partial charge is 0.456 e. The number of ether oxygens (including phenoxy) is 1. The Kier molecular flexibility index (Phi) is 6.84. The second-order valence-electron chi connectivity index (χ2n) is 4.94. The normalized spacial score (nSPS) is 15.5. The highest BCUT2D eigenvalue weighted by molar-refractivity contribution is 7.91. The number of rotatable bonds is 6. The van der Waals surface area contributed by atoms with Crippen LogP contribution in [0.25, 0.3) is 6.08 Å². The Hall–Kier alpha value is -1.59. The summed E-state index contributed by atoms with van der Waals surface area (Å²) in [4.78, 5) is 11.3. The van der Waals surface area contributed by atoms with Gasteiger partial charge in [0.25, 0.3) is 0 Å². The van der Waals surface area contributed by atoms with E-state index in [-0.39, 0.29) is 0 Å². The molecule has 1 aromatic rings. The summed E-state index contributed by atoms with van der Waals surface area (Å²) in [5.74, 6) is -0.553. The highest BCUT2D eigenvalue weighted by atomic mass is 35.5. The molecule has 0 aliphatic carbocycles. The maximum Gasteiger partial charge on any atom is 0.303 e. The number of hydrogen-bond acceptors (Lipinski definition) is 4. The molecule has 0 unspecified atom stereocenters. The van der Waals surface area contributed by atoms with Gasteiger partial charge in [-0.2, -0.15) is 0 Å². The molecule has 0 saturated carbocycles. The van der Waals surface area contributed by atoms with Crippen molar-refractivity contribution < 1.29 is 17.9 Å². The van der Waals surface area contributed by atoms with E-state index in [9.17, 15) is 13.2 Å². The molecule has 1 rings (SSSR count). The summed E-state index contributed by atoms with van der Waals surface area (Å²) >= 11 is 5.54. The average molecular weight is 343 g/mol. The third-order valence-corrected chi connectivity index (χ3v) is 4.53. The third-order valence-electron chi connectivity index (χ3n) is 2.99. The zero-order valence-electron chi connectivity index (χ0n) is 12.7. The number of esters is 1. The lowest BCUT2D eigenvalue weighted by atomic mass is 10.0. The zero-order chi connectivity index (χ0) is 16.8. The SMILES string of the molecule is CC(=O)O[C@@H](/C(C)=C/c1ccccc1)[C@@H](/C=C/Cl)S(C)(=O)=O. The summed E-state index contributed by atoms with van der Waals surface area (Å²) in [5.41, 5.74) is 2.63. The van der Waals surface area contributed by atoms with Crippen molar-refractivity contribution in [2.45, 2.75) is 25.2 Å². The van der Waals surface area contributed by atoms with E-state index < -0.39 is 27.2 Å². The van der Waals surface area contributed by atoms with E-state index in [1.807, 2.05) is 30.3 Å². The molecule has 6 heteroatoms.